The molecule has 1 fully saturated rings. The van der Waals surface area contributed by atoms with Crippen LogP contribution >= 0.6 is 11.6 Å². The van der Waals surface area contributed by atoms with Crippen molar-refractivity contribution in [3.8, 4) is 0 Å². The molecule has 0 amide bonds. The average Bonchev–Trinajstić information content (AvgIpc) is 2.56. The fraction of sp³-hybridized carbons (Fsp3) is 0.235. The Morgan fingerprint density at radius 2 is 1.55 bits per heavy atom. The summed E-state index contributed by atoms with van der Waals surface area (Å²) in [6.07, 6.45) is 1.78. The summed E-state index contributed by atoms with van der Waals surface area (Å²) in [7, 11) is 0. The quantitative estimate of drug-likeness (QED) is 0.805. The minimum atomic E-state index is -0.228. The lowest BCUT2D eigenvalue weighted by Gasteiger charge is -2.34. The van der Waals surface area contributed by atoms with Crippen LogP contribution in [0.25, 0.3) is 0 Å². The van der Waals surface area contributed by atoms with E-state index in [0.717, 1.165) is 36.8 Å². The Morgan fingerprint density at radius 1 is 0.909 bits per heavy atom. The molecule has 1 aliphatic rings. The standard InChI is InChI=1S/C17H17ClFN3/c18-15-3-7-17(8-4-15)21-9-11-22(12-10-21)20-13-14-1-5-16(19)6-2-14/h1-8,13H,9-12H2/b20-13-. The number of rotatable bonds is 3. The lowest BCUT2D eigenvalue weighted by Crippen LogP contribution is -2.44. The molecule has 0 saturated carbocycles. The van der Waals surface area contributed by atoms with Crippen LogP contribution in [0, 0.1) is 5.82 Å². The van der Waals surface area contributed by atoms with Crippen molar-refractivity contribution in [3.05, 3.63) is 64.9 Å². The maximum atomic E-state index is 12.8. The number of nitrogens with zero attached hydrogens (tertiary/aromatic N) is 3. The van der Waals surface area contributed by atoms with E-state index in [1.54, 1.807) is 18.3 Å². The first-order valence-corrected chi connectivity index (χ1v) is 7.63. The third kappa shape index (κ3) is 3.77. The molecule has 0 aliphatic carbocycles. The minimum Gasteiger partial charge on any atom is -0.368 e. The fourth-order valence-electron chi connectivity index (χ4n) is 2.42. The van der Waals surface area contributed by atoms with Gasteiger partial charge >= 0.3 is 0 Å². The molecule has 5 heteroatoms. The number of hydrazone groups is 1. The van der Waals surface area contributed by atoms with Crippen molar-refractivity contribution in [1.29, 1.82) is 0 Å². The first-order valence-electron chi connectivity index (χ1n) is 7.26. The fourth-order valence-corrected chi connectivity index (χ4v) is 2.54. The Morgan fingerprint density at radius 3 is 2.18 bits per heavy atom. The third-order valence-corrected chi connectivity index (χ3v) is 3.94. The van der Waals surface area contributed by atoms with Crippen molar-refractivity contribution in [2.24, 2.45) is 5.10 Å². The largest absolute Gasteiger partial charge is 0.368 e. The van der Waals surface area contributed by atoms with Gasteiger partial charge in [-0.3, -0.25) is 5.01 Å². The third-order valence-electron chi connectivity index (χ3n) is 3.69. The highest BCUT2D eigenvalue weighted by molar-refractivity contribution is 6.30. The summed E-state index contributed by atoms with van der Waals surface area (Å²) in [5, 5.41) is 7.26. The predicted molar refractivity (Wildman–Crippen MR) is 89.2 cm³/mol. The summed E-state index contributed by atoms with van der Waals surface area (Å²) in [5.41, 5.74) is 2.09. The zero-order chi connectivity index (χ0) is 15.4. The van der Waals surface area contributed by atoms with Gasteiger partial charge in [0.1, 0.15) is 5.82 Å². The highest BCUT2D eigenvalue weighted by atomic mass is 35.5. The molecular formula is C17H17ClFN3. The number of anilines is 1. The van der Waals surface area contributed by atoms with E-state index >= 15 is 0 Å². The topological polar surface area (TPSA) is 18.8 Å². The van der Waals surface area contributed by atoms with Crippen molar-refractivity contribution in [2.75, 3.05) is 31.1 Å². The molecule has 0 radical (unpaired) electrons. The van der Waals surface area contributed by atoms with Crippen molar-refractivity contribution in [1.82, 2.24) is 5.01 Å². The van der Waals surface area contributed by atoms with Gasteiger partial charge in [0.05, 0.1) is 19.3 Å². The summed E-state index contributed by atoms with van der Waals surface area (Å²) in [6.45, 7) is 3.56. The molecule has 0 unspecified atom stereocenters. The van der Waals surface area contributed by atoms with Crippen LogP contribution in [-0.2, 0) is 0 Å². The Hall–Kier alpha value is -2.07. The molecule has 1 aliphatic heterocycles. The summed E-state index contributed by atoms with van der Waals surface area (Å²) < 4.78 is 12.8. The van der Waals surface area contributed by atoms with Crippen LogP contribution in [0.2, 0.25) is 5.02 Å². The molecule has 114 valence electrons. The Labute approximate surface area is 134 Å². The van der Waals surface area contributed by atoms with Crippen LogP contribution in [0.3, 0.4) is 0 Å². The lowest BCUT2D eigenvalue weighted by atomic mass is 10.2. The van der Waals surface area contributed by atoms with E-state index in [0.29, 0.717) is 0 Å². The van der Waals surface area contributed by atoms with E-state index in [4.69, 9.17) is 11.6 Å². The summed E-state index contributed by atoms with van der Waals surface area (Å²) in [4.78, 5) is 2.32. The van der Waals surface area contributed by atoms with E-state index in [1.807, 2.05) is 29.3 Å². The number of hydrogen-bond donors (Lipinski definition) is 0. The summed E-state index contributed by atoms with van der Waals surface area (Å²) in [5.74, 6) is -0.228. The summed E-state index contributed by atoms with van der Waals surface area (Å²) in [6, 6.07) is 14.2. The van der Waals surface area contributed by atoms with Crippen LogP contribution in [0.1, 0.15) is 5.56 Å². The first-order chi connectivity index (χ1) is 10.7. The van der Waals surface area contributed by atoms with E-state index in [-0.39, 0.29) is 5.82 Å². The zero-order valence-corrected chi connectivity index (χ0v) is 12.9. The second kappa shape index (κ2) is 6.79. The highest BCUT2D eigenvalue weighted by Gasteiger charge is 2.15. The molecule has 2 aromatic rings. The van der Waals surface area contributed by atoms with Gasteiger partial charge in [0.25, 0.3) is 0 Å². The first kappa shape index (κ1) is 14.9. The number of halogens is 2. The van der Waals surface area contributed by atoms with Gasteiger partial charge in [0.15, 0.2) is 0 Å². The second-order valence-corrected chi connectivity index (χ2v) is 5.65. The normalized spacial score (nSPS) is 15.5. The smallest absolute Gasteiger partial charge is 0.123 e. The van der Waals surface area contributed by atoms with Gasteiger partial charge in [-0.1, -0.05) is 23.7 Å². The lowest BCUT2D eigenvalue weighted by molar-refractivity contribution is 0.272. The van der Waals surface area contributed by atoms with Crippen molar-refractivity contribution in [3.63, 3.8) is 0 Å². The molecule has 3 nitrogen and oxygen atoms in total. The number of piperazine rings is 1. The Kier molecular flexibility index (Phi) is 4.59. The van der Waals surface area contributed by atoms with Crippen molar-refractivity contribution >= 4 is 23.5 Å². The molecule has 0 bridgehead atoms. The maximum Gasteiger partial charge on any atom is 0.123 e. The van der Waals surface area contributed by atoms with Crippen LogP contribution < -0.4 is 4.90 Å². The Balaban J connectivity index is 1.55. The monoisotopic (exact) mass is 317 g/mol. The Bertz CT molecular complexity index is 632. The second-order valence-electron chi connectivity index (χ2n) is 5.21. The van der Waals surface area contributed by atoms with E-state index in [9.17, 15) is 4.39 Å². The molecule has 3 rings (SSSR count). The van der Waals surface area contributed by atoms with E-state index < -0.39 is 0 Å². The molecule has 0 N–H and O–H groups in total. The zero-order valence-electron chi connectivity index (χ0n) is 12.1. The predicted octanol–water partition coefficient (Wildman–Crippen LogP) is 3.64. The number of benzene rings is 2. The van der Waals surface area contributed by atoms with Crippen LogP contribution in [0.5, 0.6) is 0 Å². The molecular weight excluding hydrogens is 301 g/mol. The van der Waals surface area contributed by atoms with E-state index in [2.05, 4.69) is 10.0 Å². The van der Waals surface area contributed by atoms with Gasteiger partial charge in [-0.05, 0) is 42.0 Å². The highest BCUT2D eigenvalue weighted by Crippen LogP contribution is 2.19. The number of hydrogen-bond acceptors (Lipinski definition) is 3. The van der Waals surface area contributed by atoms with Gasteiger partial charge < -0.3 is 4.90 Å². The van der Waals surface area contributed by atoms with Gasteiger partial charge in [0, 0.05) is 23.8 Å². The van der Waals surface area contributed by atoms with Gasteiger partial charge in [0.2, 0.25) is 0 Å². The maximum absolute atomic E-state index is 12.8. The molecule has 0 atom stereocenters. The average molecular weight is 318 g/mol. The van der Waals surface area contributed by atoms with Crippen LogP contribution in [-0.4, -0.2) is 37.4 Å². The van der Waals surface area contributed by atoms with Gasteiger partial charge in [-0.15, -0.1) is 0 Å². The van der Waals surface area contributed by atoms with Gasteiger partial charge in [-0.25, -0.2) is 4.39 Å². The molecule has 1 heterocycles. The van der Waals surface area contributed by atoms with Crippen LogP contribution in [0.15, 0.2) is 53.6 Å². The summed E-state index contributed by atoms with van der Waals surface area (Å²) >= 11 is 5.91. The molecule has 1 saturated heterocycles. The molecule has 2 aromatic carbocycles. The SMILES string of the molecule is Fc1ccc(/C=N\N2CCN(c3ccc(Cl)cc3)CC2)cc1. The van der Waals surface area contributed by atoms with Crippen LogP contribution in [0.4, 0.5) is 10.1 Å². The van der Waals surface area contributed by atoms with Crippen molar-refractivity contribution in [2.45, 2.75) is 0 Å². The molecule has 0 aromatic heterocycles. The van der Waals surface area contributed by atoms with Crippen molar-refractivity contribution < 1.29 is 4.39 Å². The molecule has 22 heavy (non-hydrogen) atoms. The van der Waals surface area contributed by atoms with Gasteiger partial charge in [-0.2, -0.15) is 5.10 Å². The molecule has 0 spiro atoms. The van der Waals surface area contributed by atoms with E-state index in [1.165, 1.54) is 17.8 Å². The minimum absolute atomic E-state index is 0.228.